The molecule has 1 spiro atoms. The van der Waals surface area contributed by atoms with E-state index in [4.69, 9.17) is 0 Å². The molecule has 0 aliphatic heterocycles. The van der Waals surface area contributed by atoms with Crippen molar-refractivity contribution >= 4 is 0 Å². The maximum absolute atomic E-state index is 11.2. The second-order valence-electron chi connectivity index (χ2n) is 10.7. The van der Waals surface area contributed by atoms with E-state index in [0.717, 1.165) is 18.3 Å². The molecule has 6 saturated carbocycles. The Morgan fingerprint density at radius 1 is 0.875 bits per heavy atom. The third-order valence-corrected chi connectivity index (χ3v) is 9.77. The SMILES string of the molecule is C[C@@]12C[C@H](O)CC(CO)(CO)[C@H]1[C@H](O)C[C@@]13CC4[C@@H](C[C@H]12)[C@@]4(C)C3. The highest BCUT2D eigenvalue weighted by Crippen LogP contribution is 2.85. The molecule has 6 rings (SSSR count). The van der Waals surface area contributed by atoms with E-state index in [1.165, 1.54) is 19.3 Å². The zero-order valence-corrected chi connectivity index (χ0v) is 14.9. The average molecular weight is 336 g/mol. The molecule has 4 N–H and O–H groups in total. The van der Waals surface area contributed by atoms with Gasteiger partial charge in [-0.25, -0.2) is 0 Å². The van der Waals surface area contributed by atoms with E-state index in [9.17, 15) is 20.4 Å². The van der Waals surface area contributed by atoms with E-state index in [1.807, 2.05) is 0 Å². The van der Waals surface area contributed by atoms with Crippen LogP contribution in [0.15, 0.2) is 0 Å². The minimum atomic E-state index is -0.749. The monoisotopic (exact) mass is 336 g/mol. The fourth-order valence-corrected chi connectivity index (χ4v) is 9.26. The first-order valence-electron chi connectivity index (χ1n) is 9.83. The Morgan fingerprint density at radius 3 is 2.17 bits per heavy atom. The molecular formula is C20H32O4. The highest BCUT2D eigenvalue weighted by Gasteiger charge is 2.79. The van der Waals surface area contributed by atoms with Crippen LogP contribution in [0.2, 0.25) is 0 Å². The first kappa shape index (κ1) is 16.0. The lowest BCUT2D eigenvalue weighted by Gasteiger charge is -2.67. The lowest BCUT2D eigenvalue weighted by Crippen LogP contribution is -2.66. The van der Waals surface area contributed by atoms with E-state index in [2.05, 4.69) is 13.8 Å². The van der Waals surface area contributed by atoms with Gasteiger partial charge in [0.05, 0.1) is 25.4 Å². The molecule has 0 aromatic rings. The summed E-state index contributed by atoms with van der Waals surface area (Å²) in [5.74, 6) is 2.09. The average Bonchev–Trinajstić information content (AvgIpc) is 2.96. The fraction of sp³-hybridized carbons (Fsp3) is 1.00. The van der Waals surface area contributed by atoms with Gasteiger partial charge in [0, 0.05) is 11.3 Å². The van der Waals surface area contributed by atoms with Crippen LogP contribution in [0.4, 0.5) is 0 Å². The van der Waals surface area contributed by atoms with Crippen molar-refractivity contribution in [2.45, 2.75) is 64.6 Å². The van der Waals surface area contributed by atoms with E-state index >= 15 is 0 Å². The van der Waals surface area contributed by atoms with Crippen molar-refractivity contribution in [3.05, 3.63) is 0 Å². The van der Waals surface area contributed by atoms with Crippen molar-refractivity contribution in [1.82, 2.24) is 0 Å². The first-order valence-corrected chi connectivity index (χ1v) is 9.83. The predicted octanol–water partition coefficient (Wildman–Crippen LogP) is 1.55. The quantitative estimate of drug-likeness (QED) is 0.617. The molecule has 6 aliphatic rings. The maximum atomic E-state index is 11.2. The molecule has 9 atom stereocenters. The molecular weight excluding hydrogens is 304 g/mol. The molecule has 136 valence electrons. The van der Waals surface area contributed by atoms with Gasteiger partial charge in [0.1, 0.15) is 0 Å². The van der Waals surface area contributed by atoms with E-state index < -0.39 is 17.6 Å². The Balaban J connectivity index is 1.60. The second kappa shape index (κ2) is 4.39. The van der Waals surface area contributed by atoms with Crippen LogP contribution in [0.25, 0.3) is 0 Å². The van der Waals surface area contributed by atoms with Gasteiger partial charge in [-0.1, -0.05) is 13.8 Å². The van der Waals surface area contributed by atoms with Crippen LogP contribution >= 0.6 is 0 Å². The Labute approximate surface area is 144 Å². The van der Waals surface area contributed by atoms with Crippen molar-refractivity contribution in [3.8, 4) is 0 Å². The van der Waals surface area contributed by atoms with Crippen molar-refractivity contribution in [2.75, 3.05) is 13.2 Å². The number of aliphatic hydroxyl groups is 4. The van der Waals surface area contributed by atoms with Crippen molar-refractivity contribution in [1.29, 1.82) is 0 Å². The van der Waals surface area contributed by atoms with Crippen LogP contribution in [-0.2, 0) is 0 Å². The first-order chi connectivity index (χ1) is 11.2. The molecule has 1 unspecified atom stereocenters. The summed E-state index contributed by atoms with van der Waals surface area (Å²) in [7, 11) is 0. The summed E-state index contributed by atoms with van der Waals surface area (Å²) in [6.45, 7) is 4.38. The van der Waals surface area contributed by atoms with Gasteiger partial charge in [-0.15, -0.1) is 0 Å². The number of fused-ring (bicyclic) bond motifs is 1. The molecule has 0 saturated heterocycles. The summed E-state index contributed by atoms with van der Waals surface area (Å²) in [6, 6.07) is 0. The number of hydrogen-bond acceptors (Lipinski definition) is 4. The lowest BCUT2D eigenvalue weighted by atomic mass is 9.38. The topological polar surface area (TPSA) is 80.9 Å². The number of hydrogen-bond donors (Lipinski definition) is 4. The molecule has 24 heavy (non-hydrogen) atoms. The summed E-state index contributed by atoms with van der Waals surface area (Å²) in [4.78, 5) is 0. The molecule has 4 bridgehead atoms. The second-order valence-corrected chi connectivity index (χ2v) is 10.7. The van der Waals surface area contributed by atoms with Crippen molar-refractivity contribution < 1.29 is 20.4 Å². The standard InChI is InChI=1S/C20H32O4/c1-17-4-11(23)5-20(9-21,10-22)16(17)14(24)7-19-6-13-12(3-15(17)19)18(13,2)8-19/h11-16,21-24H,3-10H2,1-2H3/t11-,12+,13?,14+,15-,16-,17-,18+,19+/m0/s1. The highest BCUT2D eigenvalue weighted by molar-refractivity contribution is 5.28. The Hall–Kier alpha value is -0.160. The largest absolute Gasteiger partial charge is 0.396 e. The van der Waals surface area contributed by atoms with Crippen molar-refractivity contribution in [3.63, 3.8) is 0 Å². The molecule has 0 amide bonds. The van der Waals surface area contributed by atoms with Crippen LogP contribution in [-0.4, -0.2) is 45.8 Å². The van der Waals surface area contributed by atoms with Crippen LogP contribution < -0.4 is 0 Å². The molecule has 4 nitrogen and oxygen atoms in total. The molecule has 0 heterocycles. The van der Waals surface area contributed by atoms with Crippen LogP contribution in [0, 0.1) is 45.3 Å². The van der Waals surface area contributed by atoms with Crippen LogP contribution in [0.1, 0.15) is 52.4 Å². The molecule has 0 aromatic carbocycles. The van der Waals surface area contributed by atoms with Gasteiger partial charge < -0.3 is 20.4 Å². The summed E-state index contributed by atoms with van der Waals surface area (Å²) in [6.07, 6.45) is 4.68. The lowest BCUT2D eigenvalue weighted by molar-refractivity contribution is -0.246. The summed E-state index contributed by atoms with van der Waals surface area (Å²) < 4.78 is 0. The zero-order valence-electron chi connectivity index (χ0n) is 14.9. The van der Waals surface area contributed by atoms with E-state index in [-0.39, 0.29) is 30.0 Å². The summed E-state index contributed by atoms with van der Waals surface area (Å²) in [5, 5.41) is 42.0. The third-order valence-electron chi connectivity index (χ3n) is 9.77. The normalized spacial score (nSPS) is 62.8. The van der Waals surface area contributed by atoms with E-state index in [0.29, 0.717) is 24.2 Å². The molecule has 4 heteroatoms. The van der Waals surface area contributed by atoms with E-state index in [1.54, 1.807) is 0 Å². The predicted molar refractivity (Wildman–Crippen MR) is 88.9 cm³/mol. The minimum absolute atomic E-state index is 0.110. The molecule has 6 aliphatic carbocycles. The molecule has 6 fully saturated rings. The minimum Gasteiger partial charge on any atom is -0.396 e. The molecule has 0 radical (unpaired) electrons. The maximum Gasteiger partial charge on any atom is 0.0586 e. The highest BCUT2D eigenvalue weighted by atomic mass is 16.3. The smallest absolute Gasteiger partial charge is 0.0586 e. The fourth-order valence-electron chi connectivity index (χ4n) is 9.26. The zero-order chi connectivity index (χ0) is 17.1. The Morgan fingerprint density at radius 2 is 1.58 bits per heavy atom. The van der Waals surface area contributed by atoms with Gasteiger partial charge in [-0.2, -0.15) is 0 Å². The van der Waals surface area contributed by atoms with Crippen LogP contribution in [0.5, 0.6) is 0 Å². The Bertz CT molecular complexity index is 574. The summed E-state index contributed by atoms with van der Waals surface area (Å²) >= 11 is 0. The van der Waals surface area contributed by atoms with Crippen LogP contribution in [0.3, 0.4) is 0 Å². The Kier molecular flexibility index (Phi) is 2.93. The van der Waals surface area contributed by atoms with Gasteiger partial charge in [0.2, 0.25) is 0 Å². The van der Waals surface area contributed by atoms with Gasteiger partial charge >= 0.3 is 0 Å². The van der Waals surface area contributed by atoms with Gasteiger partial charge in [0.25, 0.3) is 0 Å². The number of rotatable bonds is 2. The van der Waals surface area contributed by atoms with Gasteiger partial charge in [0.15, 0.2) is 0 Å². The number of aliphatic hydroxyl groups excluding tert-OH is 4. The summed E-state index contributed by atoms with van der Waals surface area (Å²) in [5.41, 5.74) is -0.194. The van der Waals surface area contributed by atoms with Gasteiger partial charge in [-0.05, 0) is 72.5 Å². The van der Waals surface area contributed by atoms with Crippen molar-refractivity contribution in [2.24, 2.45) is 45.3 Å². The van der Waals surface area contributed by atoms with Gasteiger partial charge in [-0.3, -0.25) is 0 Å². The third kappa shape index (κ3) is 1.57. The molecule has 0 aromatic heterocycles.